The number of carbonyl (C=O) groups excluding carboxylic acids is 1. The number of anilines is 2. The van der Waals surface area contributed by atoms with Crippen LogP contribution in [0.4, 0.5) is 15.9 Å². The van der Waals surface area contributed by atoms with E-state index in [1.165, 1.54) is 12.1 Å². The molecule has 2 aromatic carbocycles. The van der Waals surface area contributed by atoms with Crippen LogP contribution in [0.1, 0.15) is 18.4 Å². The number of nitrogens with one attached hydrogen (secondary N) is 1. The maximum Gasteiger partial charge on any atom is 0.229 e. The van der Waals surface area contributed by atoms with Crippen molar-refractivity contribution in [3.63, 3.8) is 0 Å². The number of amides is 1. The van der Waals surface area contributed by atoms with Crippen LogP contribution in [-0.4, -0.2) is 29.0 Å². The van der Waals surface area contributed by atoms with Crippen LogP contribution in [0.15, 0.2) is 59.2 Å². The van der Waals surface area contributed by atoms with Crippen LogP contribution in [-0.2, 0) is 4.79 Å². The molecule has 1 amide bonds. The third-order valence-corrected chi connectivity index (χ3v) is 6.16. The number of rotatable bonds is 4. The zero-order valence-corrected chi connectivity index (χ0v) is 18.2. The number of nitrogens with zero attached hydrogens (tertiary/aromatic N) is 3. The first-order chi connectivity index (χ1) is 14.5. The zero-order chi connectivity index (χ0) is 21.1. The summed E-state index contributed by atoms with van der Waals surface area (Å²) in [4.78, 5) is 23.8. The monoisotopic (exact) mass is 468 g/mol. The number of aromatic nitrogens is 2. The smallest absolute Gasteiger partial charge is 0.229 e. The molecule has 0 spiro atoms. The lowest BCUT2D eigenvalue weighted by atomic mass is 9.97. The molecule has 7 heteroatoms. The normalized spacial score (nSPS) is 16.4. The zero-order valence-electron chi connectivity index (χ0n) is 16.6. The number of hydrogen-bond acceptors (Lipinski definition) is 4. The van der Waals surface area contributed by atoms with E-state index in [1.807, 2.05) is 31.2 Å². The molecule has 4 rings (SSSR count). The first kappa shape index (κ1) is 20.5. The topological polar surface area (TPSA) is 58.1 Å². The quantitative estimate of drug-likeness (QED) is 0.570. The van der Waals surface area contributed by atoms with E-state index in [0.29, 0.717) is 17.9 Å². The number of hydrogen-bond donors (Lipinski definition) is 1. The van der Waals surface area contributed by atoms with Crippen molar-refractivity contribution in [2.24, 2.45) is 5.92 Å². The Morgan fingerprint density at radius 2 is 2.10 bits per heavy atom. The van der Waals surface area contributed by atoms with Crippen molar-refractivity contribution in [1.82, 2.24) is 9.97 Å². The van der Waals surface area contributed by atoms with Crippen molar-refractivity contribution in [1.29, 1.82) is 0 Å². The molecule has 0 aliphatic carbocycles. The SMILES string of the molecule is Cc1cc(NC(=O)[C@H]2CCCN(c3ccnc(-c4cccc(F)c4)n3)C2)ccc1Br. The molecule has 1 aliphatic rings. The van der Waals surface area contributed by atoms with Crippen LogP contribution < -0.4 is 10.2 Å². The average molecular weight is 469 g/mol. The Morgan fingerprint density at radius 1 is 1.23 bits per heavy atom. The highest BCUT2D eigenvalue weighted by Gasteiger charge is 2.27. The van der Waals surface area contributed by atoms with Gasteiger partial charge in [0.15, 0.2) is 5.82 Å². The lowest BCUT2D eigenvalue weighted by molar-refractivity contribution is -0.120. The van der Waals surface area contributed by atoms with Gasteiger partial charge in [0, 0.05) is 35.0 Å². The third-order valence-electron chi connectivity index (χ3n) is 5.27. The average Bonchev–Trinajstić information content (AvgIpc) is 2.76. The van der Waals surface area contributed by atoms with Crippen molar-refractivity contribution in [3.8, 4) is 11.4 Å². The minimum absolute atomic E-state index is 0.0147. The number of piperidine rings is 1. The molecule has 1 aromatic heterocycles. The van der Waals surface area contributed by atoms with Crippen LogP contribution in [0.5, 0.6) is 0 Å². The summed E-state index contributed by atoms with van der Waals surface area (Å²) >= 11 is 3.48. The molecule has 2 heterocycles. The standard InChI is InChI=1S/C23H22BrFN4O/c1-15-12-19(7-8-20(15)24)27-23(30)17-5-3-11-29(14-17)21-9-10-26-22(28-21)16-4-2-6-18(25)13-16/h2,4,6-10,12-13,17H,3,5,11,14H2,1H3,(H,27,30)/t17-/m0/s1. The van der Waals surface area contributed by atoms with Gasteiger partial charge in [-0.15, -0.1) is 0 Å². The molecule has 0 radical (unpaired) electrons. The van der Waals surface area contributed by atoms with Gasteiger partial charge in [-0.05, 0) is 61.7 Å². The second-order valence-corrected chi connectivity index (χ2v) is 8.34. The van der Waals surface area contributed by atoms with Crippen LogP contribution in [0.3, 0.4) is 0 Å². The summed E-state index contributed by atoms with van der Waals surface area (Å²) in [6, 6.07) is 13.9. The first-order valence-corrected chi connectivity index (χ1v) is 10.7. The largest absolute Gasteiger partial charge is 0.356 e. The van der Waals surface area contributed by atoms with Gasteiger partial charge in [0.25, 0.3) is 0 Å². The van der Waals surface area contributed by atoms with Crippen LogP contribution in [0.2, 0.25) is 0 Å². The molecular formula is C23H22BrFN4O. The first-order valence-electron chi connectivity index (χ1n) is 9.90. The molecule has 5 nitrogen and oxygen atoms in total. The van der Waals surface area contributed by atoms with Gasteiger partial charge in [0.05, 0.1) is 5.92 Å². The van der Waals surface area contributed by atoms with E-state index in [1.54, 1.807) is 18.3 Å². The molecule has 3 aromatic rings. The Hall–Kier alpha value is -2.80. The van der Waals surface area contributed by atoms with Crippen LogP contribution in [0.25, 0.3) is 11.4 Å². The summed E-state index contributed by atoms with van der Waals surface area (Å²) in [6.07, 6.45) is 3.41. The predicted molar refractivity (Wildman–Crippen MR) is 120 cm³/mol. The van der Waals surface area contributed by atoms with Gasteiger partial charge in [-0.1, -0.05) is 28.1 Å². The lowest BCUT2D eigenvalue weighted by Crippen LogP contribution is -2.41. The van der Waals surface area contributed by atoms with Crippen LogP contribution >= 0.6 is 15.9 Å². The second-order valence-electron chi connectivity index (χ2n) is 7.49. The highest BCUT2D eigenvalue weighted by Crippen LogP contribution is 2.26. The molecule has 1 atom stereocenters. The van der Waals surface area contributed by atoms with Crippen molar-refractivity contribution in [2.45, 2.75) is 19.8 Å². The van der Waals surface area contributed by atoms with Gasteiger partial charge in [0.1, 0.15) is 11.6 Å². The summed E-state index contributed by atoms with van der Waals surface area (Å²) in [6.45, 7) is 3.40. The fraction of sp³-hybridized carbons (Fsp3) is 0.261. The molecule has 0 bridgehead atoms. The third kappa shape index (κ3) is 4.67. The van der Waals surface area contributed by atoms with E-state index in [4.69, 9.17) is 0 Å². The number of aryl methyl sites for hydroxylation is 1. The molecule has 0 saturated carbocycles. The lowest BCUT2D eigenvalue weighted by Gasteiger charge is -2.33. The molecule has 30 heavy (non-hydrogen) atoms. The van der Waals surface area contributed by atoms with Crippen molar-refractivity contribution in [2.75, 3.05) is 23.3 Å². The molecule has 1 aliphatic heterocycles. The summed E-state index contributed by atoms with van der Waals surface area (Å²) in [5.74, 6) is 0.792. The van der Waals surface area contributed by atoms with Gasteiger partial charge in [-0.25, -0.2) is 14.4 Å². The van der Waals surface area contributed by atoms with Gasteiger partial charge >= 0.3 is 0 Å². The van der Waals surface area contributed by atoms with Gasteiger partial charge in [-0.3, -0.25) is 4.79 Å². The number of benzene rings is 2. The van der Waals surface area contributed by atoms with Crippen LogP contribution in [0, 0.1) is 18.7 Å². The molecule has 1 N–H and O–H groups in total. The summed E-state index contributed by atoms with van der Waals surface area (Å²) in [5, 5.41) is 3.03. The highest BCUT2D eigenvalue weighted by atomic mass is 79.9. The Kier molecular flexibility index (Phi) is 6.08. The van der Waals surface area contributed by atoms with Crippen molar-refractivity contribution >= 4 is 33.3 Å². The highest BCUT2D eigenvalue weighted by molar-refractivity contribution is 9.10. The van der Waals surface area contributed by atoms with Crippen molar-refractivity contribution < 1.29 is 9.18 Å². The predicted octanol–water partition coefficient (Wildman–Crippen LogP) is 5.21. The molecule has 0 unspecified atom stereocenters. The van der Waals surface area contributed by atoms with Gasteiger partial charge in [-0.2, -0.15) is 0 Å². The maximum absolute atomic E-state index is 13.6. The van der Waals surface area contributed by atoms with E-state index < -0.39 is 0 Å². The Balaban J connectivity index is 1.48. The Bertz CT molecular complexity index is 1070. The minimum Gasteiger partial charge on any atom is -0.356 e. The second kappa shape index (κ2) is 8.92. The molecular weight excluding hydrogens is 447 g/mol. The summed E-state index contributed by atoms with van der Waals surface area (Å²) < 4.78 is 14.6. The number of halogens is 2. The molecule has 1 saturated heterocycles. The Morgan fingerprint density at radius 3 is 2.90 bits per heavy atom. The van der Waals surface area contributed by atoms with Gasteiger partial charge in [0.2, 0.25) is 5.91 Å². The molecule has 1 fully saturated rings. The van der Waals surface area contributed by atoms with E-state index in [0.717, 1.165) is 40.9 Å². The molecule has 154 valence electrons. The fourth-order valence-corrected chi connectivity index (χ4v) is 3.90. The fourth-order valence-electron chi connectivity index (χ4n) is 3.66. The van der Waals surface area contributed by atoms with E-state index in [-0.39, 0.29) is 17.6 Å². The summed E-state index contributed by atoms with van der Waals surface area (Å²) in [7, 11) is 0. The summed E-state index contributed by atoms with van der Waals surface area (Å²) in [5.41, 5.74) is 2.51. The number of carbonyl (C=O) groups is 1. The van der Waals surface area contributed by atoms with Gasteiger partial charge < -0.3 is 10.2 Å². The van der Waals surface area contributed by atoms with Crippen molar-refractivity contribution in [3.05, 3.63) is 70.6 Å². The van der Waals surface area contributed by atoms with E-state index in [9.17, 15) is 9.18 Å². The van der Waals surface area contributed by atoms with E-state index >= 15 is 0 Å². The Labute approximate surface area is 183 Å². The minimum atomic E-state index is -0.320. The maximum atomic E-state index is 13.6. The van der Waals surface area contributed by atoms with E-state index in [2.05, 4.69) is 36.1 Å².